The van der Waals surface area contributed by atoms with Gasteiger partial charge in [-0.3, -0.25) is 0 Å². The summed E-state index contributed by atoms with van der Waals surface area (Å²) in [7, 11) is 3.87. The molecule has 0 amide bonds. The molecule has 4 nitrogen and oxygen atoms in total. The highest BCUT2D eigenvalue weighted by atomic mass is 35.5. The lowest BCUT2D eigenvalue weighted by atomic mass is 10.1. The molecule has 1 aliphatic rings. The SMILES string of the molecule is COc1ccc2nc(CCl)n(CC3CCN(C)C3)c2c1. The van der Waals surface area contributed by atoms with Gasteiger partial charge in [0.15, 0.2) is 0 Å². The van der Waals surface area contributed by atoms with Crippen molar-refractivity contribution in [2.24, 2.45) is 5.92 Å². The fourth-order valence-electron chi connectivity index (χ4n) is 3.02. The molecule has 2 aromatic rings. The summed E-state index contributed by atoms with van der Waals surface area (Å²) in [6, 6.07) is 6.00. The number of fused-ring (bicyclic) bond motifs is 1. The van der Waals surface area contributed by atoms with E-state index in [0.717, 1.165) is 35.7 Å². The molecule has 2 heterocycles. The molecule has 0 saturated carbocycles. The van der Waals surface area contributed by atoms with Gasteiger partial charge < -0.3 is 14.2 Å². The van der Waals surface area contributed by atoms with E-state index in [2.05, 4.69) is 27.6 Å². The van der Waals surface area contributed by atoms with E-state index < -0.39 is 0 Å². The predicted molar refractivity (Wildman–Crippen MR) is 81.4 cm³/mol. The third kappa shape index (κ3) is 2.50. The predicted octanol–water partition coefficient (Wildman–Crippen LogP) is 2.74. The third-order valence-corrected chi connectivity index (χ3v) is 4.32. The second-order valence-electron chi connectivity index (χ2n) is 5.54. The van der Waals surface area contributed by atoms with E-state index in [-0.39, 0.29) is 0 Å². The van der Waals surface area contributed by atoms with Crippen LogP contribution >= 0.6 is 11.6 Å². The molecular weight excluding hydrogens is 274 g/mol. The molecule has 1 aromatic heterocycles. The van der Waals surface area contributed by atoms with Gasteiger partial charge >= 0.3 is 0 Å². The van der Waals surface area contributed by atoms with Gasteiger partial charge in [-0.15, -0.1) is 11.6 Å². The molecule has 0 N–H and O–H groups in total. The Morgan fingerprint density at radius 3 is 2.95 bits per heavy atom. The normalized spacial score (nSPS) is 19.9. The lowest BCUT2D eigenvalue weighted by Gasteiger charge is -2.14. The summed E-state index contributed by atoms with van der Waals surface area (Å²) in [6.45, 7) is 3.30. The Balaban J connectivity index is 1.98. The van der Waals surface area contributed by atoms with Crippen molar-refractivity contribution in [2.75, 3.05) is 27.2 Å². The first-order chi connectivity index (χ1) is 9.71. The number of likely N-dealkylation sites (tertiary alicyclic amines) is 1. The van der Waals surface area contributed by atoms with Gasteiger partial charge in [-0.25, -0.2) is 4.98 Å². The number of benzene rings is 1. The first-order valence-electron chi connectivity index (χ1n) is 6.99. The highest BCUT2D eigenvalue weighted by molar-refractivity contribution is 6.16. The minimum absolute atomic E-state index is 0.444. The molecule has 108 valence electrons. The summed E-state index contributed by atoms with van der Waals surface area (Å²) in [6.07, 6.45) is 1.24. The Bertz CT molecular complexity index is 610. The van der Waals surface area contributed by atoms with Crippen LogP contribution in [0.5, 0.6) is 5.75 Å². The first-order valence-corrected chi connectivity index (χ1v) is 7.52. The third-order valence-electron chi connectivity index (χ3n) is 4.08. The number of aromatic nitrogens is 2. The number of alkyl halides is 1. The first kappa shape index (κ1) is 13.7. The maximum Gasteiger partial charge on any atom is 0.124 e. The number of methoxy groups -OCH3 is 1. The van der Waals surface area contributed by atoms with Crippen LogP contribution in [-0.4, -0.2) is 41.7 Å². The van der Waals surface area contributed by atoms with Crippen molar-refractivity contribution < 1.29 is 4.74 Å². The van der Waals surface area contributed by atoms with Gasteiger partial charge in [-0.1, -0.05) is 0 Å². The van der Waals surface area contributed by atoms with Gasteiger partial charge in [-0.05, 0) is 38.1 Å². The maximum atomic E-state index is 6.07. The van der Waals surface area contributed by atoms with Gasteiger partial charge in [0.05, 0.1) is 24.0 Å². The molecule has 0 bridgehead atoms. The van der Waals surface area contributed by atoms with Crippen LogP contribution in [0.1, 0.15) is 12.2 Å². The van der Waals surface area contributed by atoms with Crippen molar-refractivity contribution in [1.29, 1.82) is 0 Å². The van der Waals surface area contributed by atoms with Crippen LogP contribution < -0.4 is 4.74 Å². The molecule has 1 aromatic carbocycles. The van der Waals surface area contributed by atoms with Gasteiger partial charge in [-0.2, -0.15) is 0 Å². The molecule has 1 saturated heterocycles. The fourth-order valence-corrected chi connectivity index (χ4v) is 3.22. The molecule has 5 heteroatoms. The van der Waals surface area contributed by atoms with E-state index in [4.69, 9.17) is 16.3 Å². The van der Waals surface area contributed by atoms with Crippen molar-refractivity contribution in [3.8, 4) is 5.75 Å². The topological polar surface area (TPSA) is 30.3 Å². The summed E-state index contributed by atoms with van der Waals surface area (Å²) >= 11 is 6.07. The molecule has 1 unspecified atom stereocenters. The Kier molecular flexibility index (Phi) is 3.85. The van der Waals surface area contributed by atoms with Gasteiger partial charge in [0.25, 0.3) is 0 Å². The van der Waals surface area contributed by atoms with Crippen molar-refractivity contribution in [3.05, 3.63) is 24.0 Å². The van der Waals surface area contributed by atoms with Crippen LogP contribution in [0.15, 0.2) is 18.2 Å². The lowest BCUT2D eigenvalue weighted by Crippen LogP contribution is -2.18. The molecule has 20 heavy (non-hydrogen) atoms. The second kappa shape index (κ2) is 5.62. The molecular formula is C15H20ClN3O. The van der Waals surface area contributed by atoms with E-state index in [9.17, 15) is 0 Å². The van der Waals surface area contributed by atoms with E-state index in [0.29, 0.717) is 11.8 Å². The summed E-state index contributed by atoms with van der Waals surface area (Å²) < 4.78 is 7.58. The standard InChI is InChI=1S/C15H20ClN3O/c1-18-6-5-11(9-18)10-19-14-7-12(20-2)3-4-13(14)17-15(19)8-16/h3-4,7,11H,5-6,8-10H2,1-2H3. The Hall–Kier alpha value is -1.26. The number of hydrogen-bond donors (Lipinski definition) is 0. The van der Waals surface area contributed by atoms with Crippen LogP contribution in [0.25, 0.3) is 11.0 Å². The van der Waals surface area contributed by atoms with Crippen LogP contribution in [0.4, 0.5) is 0 Å². The zero-order valence-electron chi connectivity index (χ0n) is 12.0. The van der Waals surface area contributed by atoms with Crippen LogP contribution in [0.3, 0.4) is 0 Å². The number of ether oxygens (including phenoxy) is 1. The van der Waals surface area contributed by atoms with Gasteiger partial charge in [0.2, 0.25) is 0 Å². The van der Waals surface area contributed by atoms with Crippen molar-refractivity contribution in [3.63, 3.8) is 0 Å². The number of rotatable bonds is 4. The maximum absolute atomic E-state index is 6.07. The Morgan fingerprint density at radius 1 is 1.45 bits per heavy atom. The van der Waals surface area contributed by atoms with Crippen LogP contribution in [0.2, 0.25) is 0 Å². The molecule has 1 fully saturated rings. The zero-order chi connectivity index (χ0) is 14.1. The number of halogens is 1. The smallest absolute Gasteiger partial charge is 0.124 e. The minimum atomic E-state index is 0.444. The van der Waals surface area contributed by atoms with Crippen molar-refractivity contribution >= 4 is 22.6 Å². The molecule has 1 atom stereocenters. The largest absolute Gasteiger partial charge is 0.497 e. The highest BCUT2D eigenvalue weighted by Crippen LogP contribution is 2.26. The number of hydrogen-bond acceptors (Lipinski definition) is 3. The second-order valence-corrected chi connectivity index (χ2v) is 5.81. The quantitative estimate of drug-likeness (QED) is 0.812. The summed E-state index contributed by atoms with van der Waals surface area (Å²) in [5.74, 6) is 2.93. The zero-order valence-corrected chi connectivity index (χ0v) is 12.7. The van der Waals surface area contributed by atoms with E-state index in [1.54, 1.807) is 7.11 Å². The van der Waals surface area contributed by atoms with E-state index in [1.165, 1.54) is 13.0 Å². The van der Waals surface area contributed by atoms with E-state index >= 15 is 0 Å². The number of nitrogens with zero attached hydrogens (tertiary/aromatic N) is 3. The fraction of sp³-hybridized carbons (Fsp3) is 0.533. The van der Waals surface area contributed by atoms with Crippen molar-refractivity contribution in [2.45, 2.75) is 18.8 Å². The van der Waals surface area contributed by atoms with Crippen LogP contribution in [-0.2, 0) is 12.4 Å². The minimum Gasteiger partial charge on any atom is -0.497 e. The van der Waals surface area contributed by atoms with Gasteiger partial charge in [0.1, 0.15) is 11.6 Å². The average Bonchev–Trinajstić information content (AvgIpc) is 3.03. The van der Waals surface area contributed by atoms with E-state index in [1.807, 2.05) is 12.1 Å². The van der Waals surface area contributed by atoms with Gasteiger partial charge in [0, 0.05) is 19.2 Å². The average molecular weight is 294 g/mol. The van der Waals surface area contributed by atoms with Crippen LogP contribution in [0, 0.1) is 5.92 Å². The molecule has 1 aliphatic heterocycles. The molecule has 0 radical (unpaired) electrons. The molecule has 3 rings (SSSR count). The monoisotopic (exact) mass is 293 g/mol. The van der Waals surface area contributed by atoms with Crippen molar-refractivity contribution in [1.82, 2.24) is 14.5 Å². The summed E-state index contributed by atoms with van der Waals surface area (Å²) in [5.41, 5.74) is 2.11. The highest BCUT2D eigenvalue weighted by Gasteiger charge is 2.22. The summed E-state index contributed by atoms with van der Waals surface area (Å²) in [4.78, 5) is 7.01. The number of imidazole rings is 1. The Labute approximate surface area is 124 Å². The molecule has 0 spiro atoms. The molecule has 0 aliphatic carbocycles. The Morgan fingerprint density at radius 2 is 2.30 bits per heavy atom. The summed E-state index contributed by atoms with van der Waals surface area (Å²) in [5, 5.41) is 0. The lowest BCUT2D eigenvalue weighted by molar-refractivity contribution is 0.378.